The van der Waals surface area contributed by atoms with Crippen LogP contribution in [0.3, 0.4) is 0 Å². The van der Waals surface area contributed by atoms with E-state index in [0.717, 1.165) is 47.9 Å². The van der Waals surface area contributed by atoms with Crippen LogP contribution in [0.25, 0.3) is 11.4 Å². The Morgan fingerprint density at radius 2 is 2.05 bits per heavy atom. The number of halogens is 1. The van der Waals surface area contributed by atoms with E-state index in [1.807, 2.05) is 5.38 Å². The van der Waals surface area contributed by atoms with E-state index in [4.69, 9.17) is 0 Å². The van der Waals surface area contributed by atoms with Crippen molar-refractivity contribution < 1.29 is 0 Å². The van der Waals surface area contributed by atoms with Gasteiger partial charge >= 0.3 is 0 Å². The van der Waals surface area contributed by atoms with Crippen molar-refractivity contribution in [3.63, 3.8) is 0 Å². The zero-order valence-corrected chi connectivity index (χ0v) is 14.4. The molecule has 0 unspecified atom stereocenters. The van der Waals surface area contributed by atoms with Crippen molar-refractivity contribution in [2.45, 2.75) is 26.2 Å². The van der Waals surface area contributed by atoms with E-state index in [1.54, 1.807) is 11.3 Å². The van der Waals surface area contributed by atoms with Gasteiger partial charge in [-0.15, -0.1) is 0 Å². The summed E-state index contributed by atoms with van der Waals surface area (Å²) in [5.74, 6) is 2.19. The minimum atomic E-state index is 0.668. The zero-order chi connectivity index (χ0) is 14.7. The van der Waals surface area contributed by atoms with E-state index < -0.39 is 0 Å². The molecular weight excluding hydrogens is 350 g/mol. The second-order valence-corrected chi connectivity index (χ2v) is 6.63. The standard InChI is InChI=1S/C14H18BrN5S/c1-2-5-16-13-17-12(10-8-21-9-11(10)15)18-14(19-13)20-6-3-4-7-20/h8-9H,2-7H2,1H3,(H,16,17,18,19). The Labute approximate surface area is 137 Å². The van der Waals surface area contributed by atoms with E-state index in [1.165, 1.54) is 12.8 Å². The number of rotatable bonds is 5. The van der Waals surface area contributed by atoms with Crippen molar-refractivity contribution in [2.24, 2.45) is 0 Å². The highest BCUT2D eigenvalue weighted by atomic mass is 79.9. The SMILES string of the molecule is CCCNc1nc(-c2cscc2Br)nc(N2CCCC2)n1. The summed E-state index contributed by atoms with van der Waals surface area (Å²) in [6.45, 7) is 5.06. The van der Waals surface area contributed by atoms with E-state index in [0.29, 0.717) is 5.95 Å². The molecule has 0 amide bonds. The fourth-order valence-corrected chi connectivity index (χ4v) is 3.75. The van der Waals surface area contributed by atoms with Crippen LogP contribution in [0, 0.1) is 0 Å². The summed E-state index contributed by atoms with van der Waals surface area (Å²) in [7, 11) is 0. The Hall–Kier alpha value is -1.21. The Balaban J connectivity index is 1.98. The number of anilines is 2. The minimum Gasteiger partial charge on any atom is -0.354 e. The molecule has 2 aromatic heterocycles. The molecule has 1 fully saturated rings. The van der Waals surface area contributed by atoms with Gasteiger partial charge in [0.05, 0.1) is 0 Å². The third-order valence-electron chi connectivity index (χ3n) is 3.40. The van der Waals surface area contributed by atoms with E-state index in [-0.39, 0.29) is 0 Å². The van der Waals surface area contributed by atoms with Gasteiger partial charge in [-0.3, -0.25) is 0 Å². The molecule has 0 bridgehead atoms. The molecule has 1 aliphatic rings. The van der Waals surface area contributed by atoms with Gasteiger partial charge < -0.3 is 10.2 Å². The van der Waals surface area contributed by atoms with Crippen molar-refractivity contribution in [1.29, 1.82) is 0 Å². The van der Waals surface area contributed by atoms with Crippen LogP contribution in [-0.2, 0) is 0 Å². The van der Waals surface area contributed by atoms with Crippen LogP contribution < -0.4 is 10.2 Å². The topological polar surface area (TPSA) is 53.9 Å². The van der Waals surface area contributed by atoms with Crippen LogP contribution in [0.4, 0.5) is 11.9 Å². The Morgan fingerprint density at radius 1 is 1.24 bits per heavy atom. The highest BCUT2D eigenvalue weighted by Crippen LogP contribution is 2.31. The summed E-state index contributed by atoms with van der Waals surface area (Å²) >= 11 is 5.21. The molecule has 2 aromatic rings. The van der Waals surface area contributed by atoms with E-state index in [9.17, 15) is 0 Å². The minimum absolute atomic E-state index is 0.668. The van der Waals surface area contributed by atoms with Gasteiger partial charge in [0.15, 0.2) is 5.82 Å². The van der Waals surface area contributed by atoms with Crippen molar-refractivity contribution >= 4 is 39.2 Å². The predicted octanol–water partition coefficient (Wildman–Crippen LogP) is 3.78. The van der Waals surface area contributed by atoms with Crippen molar-refractivity contribution in [2.75, 3.05) is 29.9 Å². The maximum absolute atomic E-state index is 4.67. The van der Waals surface area contributed by atoms with Gasteiger partial charge in [0, 0.05) is 40.4 Å². The molecule has 5 nitrogen and oxygen atoms in total. The van der Waals surface area contributed by atoms with Crippen molar-refractivity contribution in [3.05, 3.63) is 15.2 Å². The van der Waals surface area contributed by atoms with Crippen LogP contribution in [0.2, 0.25) is 0 Å². The Kier molecular flexibility index (Phi) is 4.70. The lowest BCUT2D eigenvalue weighted by atomic mass is 10.3. The van der Waals surface area contributed by atoms with Crippen LogP contribution in [0.5, 0.6) is 0 Å². The summed E-state index contributed by atoms with van der Waals surface area (Å²) < 4.78 is 1.03. The van der Waals surface area contributed by atoms with Crippen LogP contribution in [0.1, 0.15) is 26.2 Å². The molecule has 1 aliphatic heterocycles. The van der Waals surface area contributed by atoms with E-state index in [2.05, 4.69) is 53.4 Å². The normalized spacial score (nSPS) is 14.7. The molecule has 0 aromatic carbocycles. The zero-order valence-electron chi connectivity index (χ0n) is 12.0. The lowest BCUT2D eigenvalue weighted by Gasteiger charge is -2.16. The largest absolute Gasteiger partial charge is 0.354 e. The number of aromatic nitrogens is 3. The third-order valence-corrected chi connectivity index (χ3v) is 5.10. The average molecular weight is 368 g/mol. The number of nitrogens with one attached hydrogen (secondary N) is 1. The third kappa shape index (κ3) is 3.35. The van der Waals surface area contributed by atoms with Gasteiger partial charge in [-0.05, 0) is 35.2 Å². The molecular formula is C14H18BrN5S. The van der Waals surface area contributed by atoms with Gasteiger partial charge in [0.1, 0.15) is 0 Å². The fraction of sp³-hybridized carbons (Fsp3) is 0.500. The van der Waals surface area contributed by atoms with Crippen LogP contribution in [-0.4, -0.2) is 34.6 Å². The van der Waals surface area contributed by atoms with Gasteiger partial charge in [-0.2, -0.15) is 26.3 Å². The maximum Gasteiger partial charge on any atom is 0.230 e. The number of hydrogen-bond donors (Lipinski definition) is 1. The summed E-state index contributed by atoms with van der Waals surface area (Å²) in [5, 5.41) is 7.39. The quantitative estimate of drug-likeness (QED) is 0.870. The first-order valence-corrected chi connectivity index (χ1v) is 8.98. The maximum atomic E-state index is 4.67. The molecule has 21 heavy (non-hydrogen) atoms. The summed E-state index contributed by atoms with van der Waals surface area (Å²) in [4.78, 5) is 16.0. The highest BCUT2D eigenvalue weighted by molar-refractivity contribution is 9.10. The molecule has 1 saturated heterocycles. The molecule has 0 radical (unpaired) electrons. The van der Waals surface area contributed by atoms with Crippen LogP contribution in [0.15, 0.2) is 15.2 Å². The highest BCUT2D eigenvalue weighted by Gasteiger charge is 2.18. The molecule has 0 spiro atoms. The van der Waals surface area contributed by atoms with Gasteiger partial charge in [-0.25, -0.2) is 0 Å². The lowest BCUT2D eigenvalue weighted by molar-refractivity contribution is 0.873. The summed E-state index contributed by atoms with van der Waals surface area (Å²) in [6, 6.07) is 0. The molecule has 0 atom stereocenters. The van der Waals surface area contributed by atoms with Gasteiger partial charge in [0.2, 0.25) is 11.9 Å². The van der Waals surface area contributed by atoms with Crippen molar-refractivity contribution in [1.82, 2.24) is 15.0 Å². The lowest BCUT2D eigenvalue weighted by Crippen LogP contribution is -2.22. The molecule has 0 aliphatic carbocycles. The average Bonchev–Trinajstić information content (AvgIpc) is 3.16. The van der Waals surface area contributed by atoms with Gasteiger partial charge in [0.25, 0.3) is 0 Å². The van der Waals surface area contributed by atoms with E-state index >= 15 is 0 Å². The summed E-state index contributed by atoms with van der Waals surface area (Å²) in [6.07, 6.45) is 3.46. The van der Waals surface area contributed by atoms with Crippen LogP contribution >= 0.6 is 27.3 Å². The first kappa shape index (κ1) is 14.7. The second kappa shape index (κ2) is 6.70. The monoisotopic (exact) mass is 367 g/mol. The first-order valence-electron chi connectivity index (χ1n) is 7.25. The van der Waals surface area contributed by atoms with Crippen molar-refractivity contribution in [3.8, 4) is 11.4 Å². The molecule has 0 saturated carbocycles. The Morgan fingerprint density at radius 3 is 2.71 bits per heavy atom. The van der Waals surface area contributed by atoms with Gasteiger partial charge in [-0.1, -0.05) is 6.92 Å². The smallest absolute Gasteiger partial charge is 0.230 e. The Bertz CT molecular complexity index is 609. The number of nitrogens with zero attached hydrogens (tertiary/aromatic N) is 4. The second-order valence-electron chi connectivity index (χ2n) is 5.04. The molecule has 7 heteroatoms. The predicted molar refractivity (Wildman–Crippen MR) is 91.1 cm³/mol. The number of hydrogen-bond acceptors (Lipinski definition) is 6. The number of thiophene rings is 1. The molecule has 3 rings (SSSR count). The molecule has 1 N–H and O–H groups in total. The molecule has 3 heterocycles. The first-order chi connectivity index (χ1) is 10.3. The summed E-state index contributed by atoms with van der Waals surface area (Å²) in [5.41, 5.74) is 1.03. The molecule has 112 valence electrons. The fourth-order valence-electron chi connectivity index (χ4n) is 2.30.